The summed E-state index contributed by atoms with van der Waals surface area (Å²) in [6.07, 6.45) is 3.47. The van der Waals surface area contributed by atoms with Gasteiger partial charge in [-0.25, -0.2) is 9.97 Å². The summed E-state index contributed by atoms with van der Waals surface area (Å²) in [5.74, 6) is 0. The Kier molecular flexibility index (Phi) is 3.05. The summed E-state index contributed by atoms with van der Waals surface area (Å²) in [6.45, 7) is 3.84. The first-order chi connectivity index (χ1) is 7.66. The quantitative estimate of drug-likeness (QED) is 0.860. The minimum absolute atomic E-state index is 0.662. The van der Waals surface area contributed by atoms with E-state index in [0.717, 1.165) is 21.4 Å². The summed E-state index contributed by atoms with van der Waals surface area (Å²) in [4.78, 5) is 12.9. The highest BCUT2D eigenvalue weighted by molar-refractivity contribution is 7.99. The highest BCUT2D eigenvalue weighted by Crippen LogP contribution is 2.29. The molecule has 2 N–H and O–H groups in total. The monoisotopic (exact) mass is 232 g/mol. The van der Waals surface area contributed by atoms with Crippen molar-refractivity contribution < 1.29 is 0 Å². The number of hydrogen-bond donors (Lipinski definition) is 1. The van der Waals surface area contributed by atoms with Gasteiger partial charge < -0.3 is 5.73 Å². The summed E-state index contributed by atoms with van der Waals surface area (Å²) in [5.41, 5.74) is 8.27. The Balaban J connectivity index is 2.34. The van der Waals surface area contributed by atoms with Crippen LogP contribution in [0.3, 0.4) is 0 Å². The molecule has 16 heavy (non-hydrogen) atoms. The Morgan fingerprint density at radius 3 is 2.75 bits per heavy atom. The lowest BCUT2D eigenvalue weighted by Gasteiger charge is -2.05. The van der Waals surface area contributed by atoms with Crippen molar-refractivity contribution in [3.8, 4) is 0 Å². The molecule has 0 radical (unpaired) electrons. The largest absolute Gasteiger partial charge is 0.397 e. The van der Waals surface area contributed by atoms with Crippen LogP contribution >= 0.6 is 11.8 Å². The normalized spacial score (nSPS) is 10.4. The average Bonchev–Trinajstić information content (AvgIpc) is 2.27. The van der Waals surface area contributed by atoms with Crippen LogP contribution < -0.4 is 5.73 Å². The van der Waals surface area contributed by atoms with Crippen molar-refractivity contribution in [2.24, 2.45) is 0 Å². The molecule has 0 fully saturated rings. The van der Waals surface area contributed by atoms with Crippen molar-refractivity contribution >= 4 is 17.4 Å². The van der Waals surface area contributed by atoms with Gasteiger partial charge in [0.25, 0.3) is 0 Å². The van der Waals surface area contributed by atoms with E-state index < -0.39 is 0 Å². The number of aromatic nitrogens is 3. The Morgan fingerprint density at radius 1 is 1.19 bits per heavy atom. The fraction of sp³-hybridized carbons (Fsp3) is 0.182. The van der Waals surface area contributed by atoms with E-state index in [4.69, 9.17) is 5.73 Å². The maximum atomic E-state index is 5.83. The van der Waals surface area contributed by atoms with E-state index in [0.29, 0.717) is 5.69 Å². The number of hydrogen-bond acceptors (Lipinski definition) is 5. The van der Waals surface area contributed by atoms with Crippen LogP contribution in [0, 0.1) is 13.8 Å². The molecule has 0 spiro atoms. The van der Waals surface area contributed by atoms with Crippen LogP contribution in [0.4, 0.5) is 5.69 Å². The number of nitrogen functional groups attached to an aromatic ring is 1. The lowest BCUT2D eigenvalue weighted by atomic mass is 10.4. The van der Waals surface area contributed by atoms with E-state index in [1.165, 1.54) is 11.8 Å². The number of nitrogens with zero attached hydrogens (tertiary/aromatic N) is 3. The van der Waals surface area contributed by atoms with Crippen LogP contribution in [0.2, 0.25) is 0 Å². The molecule has 2 rings (SSSR count). The number of aryl methyl sites for hydroxylation is 2. The predicted octanol–water partition coefficient (Wildman–Crippen LogP) is 2.22. The lowest BCUT2D eigenvalue weighted by Crippen LogP contribution is -1.95. The minimum Gasteiger partial charge on any atom is -0.397 e. The maximum absolute atomic E-state index is 5.83. The zero-order valence-corrected chi connectivity index (χ0v) is 9.95. The van der Waals surface area contributed by atoms with Crippen LogP contribution in [0.1, 0.15) is 11.4 Å². The van der Waals surface area contributed by atoms with E-state index in [2.05, 4.69) is 15.0 Å². The Hall–Kier alpha value is -1.62. The van der Waals surface area contributed by atoms with Crippen molar-refractivity contribution in [3.05, 3.63) is 35.9 Å². The maximum Gasteiger partial charge on any atom is 0.125 e. The molecule has 0 bridgehead atoms. The minimum atomic E-state index is 0.662. The van der Waals surface area contributed by atoms with Crippen molar-refractivity contribution in [1.29, 1.82) is 0 Å². The number of nitrogens with two attached hydrogens (primary N) is 1. The van der Waals surface area contributed by atoms with Crippen molar-refractivity contribution in [2.45, 2.75) is 23.9 Å². The molecule has 0 aliphatic carbocycles. The zero-order valence-electron chi connectivity index (χ0n) is 9.14. The lowest BCUT2D eigenvalue weighted by molar-refractivity contribution is 0.943. The third-order valence-electron chi connectivity index (χ3n) is 2.03. The molecule has 0 saturated carbocycles. The molecule has 0 unspecified atom stereocenters. The average molecular weight is 232 g/mol. The molecule has 0 aromatic carbocycles. The Morgan fingerprint density at radius 2 is 2.00 bits per heavy atom. The van der Waals surface area contributed by atoms with Crippen LogP contribution in [0.5, 0.6) is 0 Å². The molecule has 0 saturated heterocycles. The van der Waals surface area contributed by atoms with E-state index in [-0.39, 0.29) is 0 Å². The molecule has 2 aromatic heterocycles. The van der Waals surface area contributed by atoms with E-state index in [9.17, 15) is 0 Å². The summed E-state index contributed by atoms with van der Waals surface area (Å²) >= 11 is 1.45. The third kappa shape index (κ3) is 2.30. The number of pyridine rings is 1. The zero-order chi connectivity index (χ0) is 11.5. The van der Waals surface area contributed by atoms with Crippen LogP contribution in [0.15, 0.2) is 34.6 Å². The smallest absolute Gasteiger partial charge is 0.125 e. The van der Waals surface area contributed by atoms with Crippen molar-refractivity contribution in [1.82, 2.24) is 15.0 Å². The highest BCUT2D eigenvalue weighted by Gasteiger charge is 2.07. The molecule has 4 nitrogen and oxygen atoms in total. The van der Waals surface area contributed by atoms with Gasteiger partial charge in [-0.15, -0.1) is 0 Å². The molecular formula is C11H12N4S. The van der Waals surface area contributed by atoms with Crippen molar-refractivity contribution in [2.75, 3.05) is 5.73 Å². The van der Waals surface area contributed by atoms with Gasteiger partial charge in [0.15, 0.2) is 0 Å². The molecule has 2 aromatic rings. The SMILES string of the molecule is Cc1cnc(C)c(Sc2ncccc2N)n1. The van der Waals surface area contributed by atoms with Gasteiger partial charge in [-0.3, -0.25) is 4.98 Å². The molecule has 0 aliphatic heterocycles. The second-order valence-electron chi connectivity index (χ2n) is 3.40. The number of anilines is 1. The van der Waals surface area contributed by atoms with E-state index >= 15 is 0 Å². The molecule has 82 valence electrons. The Bertz CT molecular complexity index is 513. The van der Waals surface area contributed by atoms with Crippen LogP contribution in [-0.4, -0.2) is 15.0 Å². The standard InChI is InChI=1S/C11H12N4S/c1-7-6-14-8(2)10(15-7)16-11-9(12)4-3-5-13-11/h3-6H,12H2,1-2H3. The van der Waals surface area contributed by atoms with Gasteiger partial charge >= 0.3 is 0 Å². The second-order valence-corrected chi connectivity index (χ2v) is 4.38. The highest BCUT2D eigenvalue weighted by atomic mass is 32.2. The molecule has 0 aliphatic rings. The molecule has 0 atom stereocenters. The first kappa shape index (κ1) is 10.9. The molecule has 0 amide bonds. The Labute approximate surface area is 98.3 Å². The van der Waals surface area contributed by atoms with Gasteiger partial charge in [-0.2, -0.15) is 0 Å². The fourth-order valence-corrected chi connectivity index (χ4v) is 2.06. The molecular weight excluding hydrogens is 220 g/mol. The predicted molar refractivity (Wildman–Crippen MR) is 64.3 cm³/mol. The summed E-state index contributed by atoms with van der Waals surface area (Å²) in [5, 5.41) is 1.62. The topological polar surface area (TPSA) is 64.7 Å². The van der Waals surface area contributed by atoms with Crippen LogP contribution in [0.25, 0.3) is 0 Å². The summed E-state index contributed by atoms with van der Waals surface area (Å²) in [7, 11) is 0. The van der Waals surface area contributed by atoms with Gasteiger partial charge in [0, 0.05) is 12.4 Å². The summed E-state index contributed by atoms with van der Waals surface area (Å²) < 4.78 is 0. The van der Waals surface area contributed by atoms with Crippen molar-refractivity contribution in [3.63, 3.8) is 0 Å². The fourth-order valence-electron chi connectivity index (χ4n) is 1.19. The van der Waals surface area contributed by atoms with Gasteiger partial charge in [-0.1, -0.05) is 0 Å². The second kappa shape index (κ2) is 4.49. The number of rotatable bonds is 2. The van der Waals surface area contributed by atoms with Gasteiger partial charge in [-0.05, 0) is 37.7 Å². The van der Waals surface area contributed by atoms with E-state index in [1.807, 2.05) is 26.0 Å². The third-order valence-corrected chi connectivity index (χ3v) is 3.14. The van der Waals surface area contributed by atoms with Gasteiger partial charge in [0.2, 0.25) is 0 Å². The first-order valence-corrected chi connectivity index (χ1v) is 5.67. The summed E-state index contributed by atoms with van der Waals surface area (Å²) in [6, 6.07) is 3.64. The molecule has 5 heteroatoms. The molecule has 2 heterocycles. The van der Waals surface area contributed by atoms with Gasteiger partial charge in [0.1, 0.15) is 10.1 Å². The first-order valence-electron chi connectivity index (χ1n) is 4.85. The van der Waals surface area contributed by atoms with E-state index in [1.54, 1.807) is 12.4 Å². The van der Waals surface area contributed by atoms with Crippen LogP contribution in [-0.2, 0) is 0 Å². The van der Waals surface area contributed by atoms with Gasteiger partial charge in [0.05, 0.1) is 17.1 Å².